The lowest BCUT2D eigenvalue weighted by Gasteiger charge is -2.14. The quantitative estimate of drug-likeness (QED) is 0.817. The SMILES string of the molecule is CCCN1CCC(CNC(=O)c2ccc(CCl)o2)C1. The molecule has 0 aliphatic carbocycles. The standard InChI is InChI=1S/C14H21ClN2O2/c1-2-6-17-7-5-11(10-17)9-16-14(18)13-4-3-12(8-15)19-13/h3-4,11H,2,5-10H2,1H3,(H,16,18). The average molecular weight is 285 g/mol. The third-order valence-corrected chi connectivity index (χ3v) is 3.74. The molecule has 0 bridgehead atoms. The molecule has 19 heavy (non-hydrogen) atoms. The average Bonchev–Trinajstić information content (AvgIpc) is 3.05. The van der Waals surface area contributed by atoms with Crippen molar-refractivity contribution in [3.63, 3.8) is 0 Å². The third-order valence-electron chi connectivity index (χ3n) is 3.48. The normalized spacial score (nSPS) is 19.8. The van der Waals surface area contributed by atoms with E-state index in [1.54, 1.807) is 12.1 Å². The Morgan fingerprint density at radius 3 is 3.11 bits per heavy atom. The van der Waals surface area contributed by atoms with Gasteiger partial charge in [-0.05, 0) is 44.0 Å². The minimum atomic E-state index is -0.148. The highest BCUT2D eigenvalue weighted by Gasteiger charge is 2.22. The lowest BCUT2D eigenvalue weighted by atomic mass is 10.1. The molecule has 1 aromatic rings. The Kier molecular flexibility index (Phi) is 5.28. The van der Waals surface area contributed by atoms with Gasteiger partial charge in [0.05, 0.1) is 5.88 Å². The lowest BCUT2D eigenvalue weighted by Crippen LogP contribution is -2.31. The van der Waals surface area contributed by atoms with Gasteiger partial charge in [-0.15, -0.1) is 11.6 Å². The Balaban J connectivity index is 1.75. The van der Waals surface area contributed by atoms with E-state index in [2.05, 4.69) is 17.1 Å². The van der Waals surface area contributed by atoms with Gasteiger partial charge in [0, 0.05) is 13.1 Å². The topological polar surface area (TPSA) is 45.5 Å². The molecule has 0 saturated carbocycles. The number of nitrogens with one attached hydrogen (secondary N) is 1. The Morgan fingerprint density at radius 1 is 1.58 bits per heavy atom. The highest BCUT2D eigenvalue weighted by molar-refractivity contribution is 6.16. The van der Waals surface area contributed by atoms with Crippen LogP contribution in [0.2, 0.25) is 0 Å². The second kappa shape index (κ2) is 6.96. The molecule has 1 N–H and O–H groups in total. The largest absolute Gasteiger partial charge is 0.455 e. The molecule has 1 atom stereocenters. The molecule has 1 saturated heterocycles. The second-order valence-electron chi connectivity index (χ2n) is 5.06. The van der Waals surface area contributed by atoms with Crippen molar-refractivity contribution in [1.29, 1.82) is 0 Å². The van der Waals surface area contributed by atoms with Gasteiger partial charge in [-0.1, -0.05) is 6.92 Å². The summed E-state index contributed by atoms with van der Waals surface area (Å²) in [6.07, 6.45) is 2.35. The first-order chi connectivity index (χ1) is 9.22. The van der Waals surface area contributed by atoms with E-state index in [0.29, 0.717) is 23.3 Å². The molecule has 0 radical (unpaired) electrons. The van der Waals surface area contributed by atoms with E-state index in [1.165, 1.54) is 6.42 Å². The van der Waals surface area contributed by atoms with E-state index < -0.39 is 0 Å². The molecule has 2 rings (SSSR count). The van der Waals surface area contributed by atoms with Crippen molar-refractivity contribution in [2.45, 2.75) is 25.6 Å². The molecule has 0 spiro atoms. The minimum absolute atomic E-state index is 0.148. The Bertz CT molecular complexity index is 419. The van der Waals surface area contributed by atoms with Gasteiger partial charge in [0.25, 0.3) is 5.91 Å². The first-order valence-corrected chi connectivity index (χ1v) is 7.41. The molecule has 1 amide bonds. The predicted molar refractivity (Wildman–Crippen MR) is 75.4 cm³/mol. The van der Waals surface area contributed by atoms with Crippen LogP contribution in [0.1, 0.15) is 36.1 Å². The molecule has 106 valence electrons. The van der Waals surface area contributed by atoms with Crippen molar-refractivity contribution in [3.05, 3.63) is 23.7 Å². The monoisotopic (exact) mass is 284 g/mol. The van der Waals surface area contributed by atoms with Crippen LogP contribution in [0.15, 0.2) is 16.5 Å². The number of nitrogens with zero attached hydrogens (tertiary/aromatic N) is 1. The summed E-state index contributed by atoms with van der Waals surface area (Å²) in [5.74, 6) is 1.67. The smallest absolute Gasteiger partial charge is 0.287 e. The van der Waals surface area contributed by atoms with Crippen LogP contribution in [0.4, 0.5) is 0 Å². The van der Waals surface area contributed by atoms with Crippen LogP contribution >= 0.6 is 11.6 Å². The molecule has 1 aromatic heterocycles. The number of hydrogen-bond donors (Lipinski definition) is 1. The molecule has 1 fully saturated rings. The van der Waals surface area contributed by atoms with E-state index in [9.17, 15) is 4.79 Å². The van der Waals surface area contributed by atoms with Crippen molar-refractivity contribution in [2.24, 2.45) is 5.92 Å². The Labute approximate surface area is 119 Å². The summed E-state index contributed by atoms with van der Waals surface area (Å²) >= 11 is 5.64. The van der Waals surface area contributed by atoms with E-state index in [0.717, 1.165) is 32.6 Å². The molecule has 1 aliphatic rings. The summed E-state index contributed by atoms with van der Waals surface area (Å²) in [6.45, 7) is 6.29. The number of carbonyl (C=O) groups excluding carboxylic acids is 1. The number of halogens is 1. The molecular formula is C14H21ClN2O2. The van der Waals surface area contributed by atoms with Gasteiger partial charge in [-0.25, -0.2) is 0 Å². The third kappa shape index (κ3) is 3.98. The summed E-state index contributed by atoms with van der Waals surface area (Å²) in [4.78, 5) is 14.3. The number of amides is 1. The summed E-state index contributed by atoms with van der Waals surface area (Å²) in [6, 6.07) is 3.41. The fraction of sp³-hybridized carbons (Fsp3) is 0.643. The fourth-order valence-corrected chi connectivity index (χ4v) is 2.64. The molecular weight excluding hydrogens is 264 g/mol. The highest BCUT2D eigenvalue weighted by atomic mass is 35.5. The van der Waals surface area contributed by atoms with Gasteiger partial charge < -0.3 is 14.6 Å². The molecule has 0 aromatic carbocycles. The van der Waals surface area contributed by atoms with Crippen molar-refractivity contribution in [3.8, 4) is 0 Å². The zero-order chi connectivity index (χ0) is 13.7. The summed E-state index contributed by atoms with van der Waals surface area (Å²) in [5, 5.41) is 2.94. The predicted octanol–water partition coefficient (Wildman–Crippen LogP) is 2.48. The van der Waals surface area contributed by atoms with E-state index >= 15 is 0 Å². The number of rotatable bonds is 6. The first-order valence-electron chi connectivity index (χ1n) is 6.88. The number of alkyl halides is 1. The molecule has 2 heterocycles. The van der Waals surface area contributed by atoms with Crippen LogP contribution in [0.5, 0.6) is 0 Å². The first kappa shape index (κ1) is 14.4. The van der Waals surface area contributed by atoms with Crippen LogP contribution in [0.25, 0.3) is 0 Å². The number of furan rings is 1. The Hall–Kier alpha value is -1.00. The van der Waals surface area contributed by atoms with Crippen molar-refractivity contribution < 1.29 is 9.21 Å². The molecule has 4 nitrogen and oxygen atoms in total. The number of likely N-dealkylation sites (tertiary alicyclic amines) is 1. The number of hydrogen-bond acceptors (Lipinski definition) is 3. The van der Waals surface area contributed by atoms with Crippen LogP contribution in [0, 0.1) is 5.92 Å². The molecule has 1 unspecified atom stereocenters. The zero-order valence-corrected chi connectivity index (χ0v) is 12.1. The van der Waals surface area contributed by atoms with Gasteiger partial charge >= 0.3 is 0 Å². The van der Waals surface area contributed by atoms with Crippen LogP contribution in [0.3, 0.4) is 0 Å². The van der Waals surface area contributed by atoms with Gasteiger partial charge in [0.15, 0.2) is 5.76 Å². The summed E-state index contributed by atoms with van der Waals surface area (Å²) in [7, 11) is 0. The van der Waals surface area contributed by atoms with Gasteiger partial charge in [0.1, 0.15) is 5.76 Å². The van der Waals surface area contributed by atoms with Crippen LogP contribution < -0.4 is 5.32 Å². The van der Waals surface area contributed by atoms with Gasteiger partial charge in [0.2, 0.25) is 0 Å². The van der Waals surface area contributed by atoms with E-state index in [1.807, 2.05) is 0 Å². The maximum Gasteiger partial charge on any atom is 0.287 e. The van der Waals surface area contributed by atoms with Crippen LogP contribution in [-0.2, 0) is 5.88 Å². The summed E-state index contributed by atoms with van der Waals surface area (Å²) in [5.41, 5.74) is 0. The van der Waals surface area contributed by atoms with Gasteiger partial charge in [-0.2, -0.15) is 0 Å². The van der Waals surface area contributed by atoms with Crippen LogP contribution in [-0.4, -0.2) is 37.0 Å². The van der Waals surface area contributed by atoms with E-state index in [-0.39, 0.29) is 5.91 Å². The zero-order valence-electron chi connectivity index (χ0n) is 11.3. The van der Waals surface area contributed by atoms with Gasteiger partial charge in [-0.3, -0.25) is 4.79 Å². The highest BCUT2D eigenvalue weighted by Crippen LogP contribution is 2.16. The maximum atomic E-state index is 11.9. The second-order valence-corrected chi connectivity index (χ2v) is 5.33. The molecule has 5 heteroatoms. The minimum Gasteiger partial charge on any atom is -0.455 e. The van der Waals surface area contributed by atoms with Crippen molar-refractivity contribution in [2.75, 3.05) is 26.2 Å². The lowest BCUT2D eigenvalue weighted by molar-refractivity contribution is 0.0918. The fourth-order valence-electron chi connectivity index (χ4n) is 2.49. The summed E-state index contributed by atoms with van der Waals surface area (Å²) < 4.78 is 5.32. The van der Waals surface area contributed by atoms with Crippen molar-refractivity contribution >= 4 is 17.5 Å². The molecule has 1 aliphatic heterocycles. The van der Waals surface area contributed by atoms with Crippen molar-refractivity contribution in [1.82, 2.24) is 10.2 Å². The number of carbonyl (C=O) groups is 1. The Morgan fingerprint density at radius 2 is 2.42 bits per heavy atom. The maximum absolute atomic E-state index is 11.9. The van der Waals surface area contributed by atoms with E-state index in [4.69, 9.17) is 16.0 Å².